The molecule has 0 aliphatic carbocycles. The van der Waals surface area contributed by atoms with Crippen molar-refractivity contribution in [2.45, 2.75) is 39.4 Å². The van der Waals surface area contributed by atoms with E-state index in [0.29, 0.717) is 37.0 Å². The highest BCUT2D eigenvalue weighted by molar-refractivity contribution is 6.32. The Labute approximate surface area is 146 Å². The monoisotopic (exact) mass is 361 g/mol. The molecule has 1 aromatic rings. The molecule has 0 N–H and O–H groups in total. The fourth-order valence-electron chi connectivity index (χ4n) is 2.26. The van der Waals surface area contributed by atoms with Crippen molar-refractivity contribution in [2.75, 3.05) is 19.7 Å². The van der Waals surface area contributed by atoms with E-state index < -0.39 is 5.60 Å². The number of amides is 1. The second-order valence-corrected chi connectivity index (χ2v) is 7.25. The first-order valence-electron chi connectivity index (χ1n) is 7.47. The van der Waals surface area contributed by atoms with Crippen LogP contribution in [0.1, 0.15) is 32.8 Å². The summed E-state index contributed by atoms with van der Waals surface area (Å²) < 4.78 is 11.0. The van der Waals surface area contributed by atoms with E-state index in [-0.39, 0.29) is 17.3 Å². The lowest BCUT2D eigenvalue weighted by Gasteiger charge is -2.24. The van der Waals surface area contributed by atoms with E-state index in [1.807, 2.05) is 20.8 Å². The van der Waals surface area contributed by atoms with E-state index in [2.05, 4.69) is 9.97 Å². The molecule has 23 heavy (non-hydrogen) atoms. The molecule has 1 unspecified atom stereocenters. The summed E-state index contributed by atoms with van der Waals surface area (Å²) in [5, 5.41) is 0.411. The average Bonchev–Trinajstić information content (AvgIpc) is 2.88. The normalized spacial score (nSPS) is 18.3. The summed E-state index contributed by atoms with van der Waals surface area (Å²) in [6, 6.07) is 0. The van der Waals surface area contributed by atoms with Crippen LogP contribution in [0.15, 0.2) is 6.20 Å². The zero-order chi connectivity index (χ0) is 17.0. The van der Waals surface area contributed by atoms with Crippen LogP contribution < -0.4 is 0 Å². The minimum atomic E-state index is -0.475. The minimum absolute atomic E-state index is 0.113. The molecule has 1 aromatic heterocycles. The van der Waals surface area contributed by atoms with E-state index in [4.69, 9.17) is 32.7 Å². The third-order valence-corrected chi connectivity index (χ3v) is 3.84. The Balaban J connectivity index is 1.74. The van der Waals surface area contributed by atoms with Crippen LogP contribution in [-0.2, 0) is 16.1 Å². The van der Waals surface area contributed by atoms with Crippen LogP contribution in [0.4, 0.5) is 4.79 Å². The maximum atomic E-state index is 12.0. The second kappa shape index (κ2) is 7.64. The highest BCUT2D eigenvalue weighted by atomic mass is 35.5. The van der Waals surface area contributed by atoms with Crippen molar-refractivity contribution < 1.29 is 14.3 Å². The number of aromatic nitrogens is 2. The third-order valence-electron chi connectivity index (χ3n) is 3.33. The smallest absolute Gasteiger partial charge is 0.410 e. The van der Waals surface area contributed by atoms with Crippen LogP contribution in [-0.4, -0.2) is 46.3 Å². The Morgan fingerprint density at radius 2 is 2.17 bits per heavy atom. The number of hydrogen-bond donors (Lipinski definition) is 0. The molecular weight excluding hydrogens is 341 g/mol. The Bertz CT molecular complexity index is 563. The van der Waals surface area contributed by atoms with Gasteiger partial charge in [0.15, 0.2) is 0 Å². The molecule has 1 fully saturated rings. The first-order valence-corrected chi connectivity index (χ1v) is 8.23. The van der Waals surface area contributed by atoms with E-state index >= 15 is 0 Å². The molecule has 1 saturated heterocycles. The molecule has 1 atom stereocenters. The number of halogens is 2. The van der Waals surface area contributed by atoms with Gasteiger partial charge < -0.3 is 14.4 Å². The van der Waals surface area contributed by atoms with Crippen molar-refractivity contribution in [2.24, 2.45) is 5.92 Å². The minimum Gasteiger partial charge on any atom is -0.444 e. The van der Waals surface area contributed by atoms with Crippen molar-refractivity contribution in [3.8, 4) is 0 Å². The van der Waals surface area contributed by atoms with Gasteiger partial charge in [0.2, 0.25) is 5.28 Å². The summed E-state index contributed by atoms with van der Waals surface area (Å²) in [5.41, 5.74) is 0.217. The standard InChI is InChI=1S/C15H21Cl2N3O3/c1-15(2,3)23-14(21)20-5-4-10(7-20)8-22-9-11-6-18-13(17)19-12(11)16/h6,10H,4-5,7-9H2,1-3H3. The topological polar surface area (TPSA) is 64.5 Å². The number of ether oxygens (including phenoxy) is 2. The van der Waals surface area contributed by atoms with Gasteiger partial charge in [0, 0.05) is 30.8 Å². The molecule has 0 bridgehead atoms. The summed E-state index contributed by atoms with van der Waals surface area (Å²) in [6.07, 6.45) is 2.18. The van der Waals surface area contributed by atoms with Gasteiger partial charge in [-0.2, -0.15) is 0 Å². The molecule has 1 aliphatic rings. The lowest BCUT2D eigenvalue weighted by molar-refractivity contribution is 0.0271. The highest BCUT2D eigenvalue weighted by Crippen LogP contribution is 2.21. The Hall–Kier alpha value is -1.11. The molecule has 2 heterocycles. The zero-order valence-corrected chi connectivity index (χ0v) is 15.0. The van der Waals surface area contributed by atoms with Gasteiger partial charge in [-0.05, 0) is 38.8 Å². The Morgan fingerprint density at radius 1 is 1.43 bits per heavy atom. The van der Waals surface area contributed by atoms with Crippen molar-refractivity contribution in [3.05, 3.63) is 22.2 Å². The van der Waals surface area contributed by atoms with Gasteiger partial charge in [0.25, 0.3) is 0 Å². The number of nitrogens with zero attached hydrogens (tertiary/aromatic N) is 3. The lowest BCUT2D eigenvalue weighted by atomic mass is 10.1. The van der Waals surface area contributed by atoms with Crippen molar-refractivity contribution in [3.63, 3.8) is 0 Å². The maximum Gasteiger partial charge on any atom is 0.410 e. The average molecular weight is 362 g/mol. The molecule has 128 valence electrons. The molecule has 1 aliphatic heterocycles. The molecule has 0 aromatic carbocycles. The summed E-state index contributed by atoms with van der Waals surface area (Å²) in [6.45, 7) is 7.77. The van der Waals surface area contributed by atoms with Crippen LogP contribution in [0.2, 0.25) is 10.4 Å². The number of likely N-dealkylation sites (tertiary alicyclic amines) is 1. The largest absolute Gasteiger partial charge is 0.444 e. The molecule has 0 saturated carbocycles. The van der Waals surface area contributed by atoms with Gasteiger partial charge in [-0.25, -0.2) is 14.8 Å². The zero-order valence-electron chi connectivity index (χ0n) is 13.5. The van der Waals surface area contributed by atoms with Gasteiger partial charge in [-0.3, -0.25) is 0 Å². The van der Waals surface area contributed by atoms with Gasteiger partial charge in [0.05, 0.1) is 13.2 Å². The number of carbonyl (C=O) groups is 1. The Kier molecular flexibility index (Phi) is 6.06. The molecular formula is C15H21Cl2N3O3. The fourth-order valence-corrected chi connectivity index (χ4v) is 2.62. The molecule has 0 radical (unpaired) electrons. The van der Waals surface area contributed by atoms with Crippen molar-refractivity contribution >= 4 is 29.3 Å². The Morgan fingerprint density at radius 3 is 2.83 bits per heavy atom. The van der Waals surface area contributed by atoms with E-state index in [9.17, 15) is 4.79 Å². The first kappa shape index (κ1) is 18.2. The summed E-state index contributed by atoms with van der Waals surface area (Å²) in [4.78, 5) is 21.5. The highest BCUT2D eigenvalue weighted by Gasteiger charge is 2.29. The van der Waals surface area contributed by atoms with Crippen LogP contribution in [0.5, 0.6) is 0 Å². The second-order valence-electron chi connectivity index (χ2n) is 6.55. The fraction of sp³-hybridized carbons (Fsp3) is 0.667. The molecule has 8 heteroatoms. The summed E-state index contributed by atoms with van der Waals surface area (Å²) in [7, 11) is 0. The summed E-state index contributed by atoms with van der Waals surface area (Å²) >= 11 is 11.6. The van der Waals surface area contributed by atoms with E-state index in [1.165, 1.54) is 0 Å². The molecule has 0 spiro atoms. The quantitative estimate of drug-likeness (QED) is 0.605. The maximum absolute atomic E-state index is 12.0. The van der Waals surface area contributed by atoms with E-state index in [0.717, 1.165) is 6.42 Å². The number of rotatable bonds is 4. The van der Waals surface area contributed by atoms with Crippen LogP contribution in [0.25, 0.3) is 0 Å². The van der Waals surface area contributed by atoms with Crippen molar-refractivity contribution in [1.82, 2.24) is 14.9 Å². The van der Waals surface area contributed by atoms with Gasteiger partial charge in [0.1, 0.15) is 10.8 Å². The van der Waals surface area contributed by atoms with Gasteiger partial charge >= 0.3 is 6.09 Å². The van der Waals surface area contributed by atoms with E-state index in [1.54, 1.807) is 11.1 Å². The predicted molar refractivity (Wildman–Crippen MR) is 87.6 cm³/mol. The third kappa shape index (κ3) is 5.79. The van der Waals surface area contributed by atoms with Crippen LogP contribution in [0, 0.1) is 5.92 Å². The number of hydrogen-bond acceptors (Lipinski definition) is 5. The van der Waals surface area contributed by atoms with Crippen LogP contribution >= 0.6 is 23.2 Å². The SMILES string of the molecule is CC(C)(C)OC(=O)N1CCC(COCc2cnc(Cl)nc2Cl)C1. The van der Waals surface area contributed by atoms with Crippen LogP contribution in [0.3, 0.4) is 0 Å². The van der Waals surface area contributed by atoms with Crippen molar-refractivity contribution in [1.29, 1.82) is 0 Å². The van der Waals surface area contributed by atoms with Gasteiger partial charge in [-0.1, -0.05) is 11.6 Å². The lowest BCUT2D eigenvalue weighted by Crippen LogP contribution is -2.35. The molecule has 2 rings (SSSR count). The molecule has 6 nitrogen and oxygen atoms in total. The predicted octanol–water partition coefficient (Wildman–Crippen LogP) is 3.56. The molecule has 1 amide bonds. The van der Waals surface area contributed by atoms with Gasteiger partial charge in [-0.15, -0.1) is 0 Å². The first-order chi connectivity index (χ1) is 10.7. The number of carbonyl (C=O) groups excluding carboxylic acids is 1. The summed E-state index contributed by atoms with van der Waals surface area (Å²) in [5.74, 6) is 0.287.